The number of carbonyl (C=O) groups is 1. The highest BCUT2D eigenvalue weighted by Crippen LogP contribution is 2.23. The van der Waals surface area contributed by atoms with E-state index in [2.05, 4.69) is 4.72 Å². The smallest absolute Gasteiger partial charge is 0.329 e. The van der Waals surface area contributed by atoms with Gasteiger partial charge in [-0.25, -0.2) is 17.6 Å². The number of hydrogen-bond acceptors (Lipinski definition) is 6. The number of benzene rings is 3. The fourth-order valence-electron chi connectivity index (χ4n) is 3.27. The second kappa shape index (κ2) is 9.20. The van der Waals surface area contributed by atoms with E-state index < -0.39 is 27.9 Å². The van der Waals surface area contributed by atoms with E-state index in [0.717, 1.165) is 5.56 Å². The lowest BCUT2D eigenvalue weighted by Crippen LogP contribution is -2.40. The van der Waals surface area contributed by atoms with E-state index in [1.165, 1.54) is 67.8 Å². The standard InChI is InChI=1S/C25H20FNO6S/c1-15-3-10-20(11-4-15)34(30,31)27-16(2)25(29)33-19-9-12-23-21(13-19)24(28)22(14-32-23)17-5-7-18(26)8-6-17/h3-14,16,27H,1-2H3. The second-order valence-electron chi connectivity index (χ2n) is 7.72. The number of carbonyl (C=O) groups excluding carboxylic acids is 1. The zero-order chi connectivity index (χ0) is 24.5. The van der Waals surface area contributed by atoms with Gasteiger partial charge in [-0.2, -0.15) is 4.72 Å². The van der Waals surface area contributed by atoms with Crippen LogP contribution in [0.15, 0.2) is 87.1 Å². The average molecular weight is 482 g/mol. The highest BCUT2D eigenvalue weighted by molar-refractivity contribution is 7.89. The number of aryl methyl sites for hydroxylation is 1. The molecular weight excluding hydrogens is 461 g/mol. The first kappa shape index (κ1) is 23.3. The number of esters is 1. The molecule has 4 aromatic rings. The summed E-state index contributed by atoms with van der Waals surface area (Å²) < 4.78 is 51.4. The Balaban J connectivity index is 1.56. The highest BCUT2D eigenvalue weighted by atomic mass is 32.2. The number of hydrogen-bond donors (Lipinski definition) is 1. The van der Waals surface area contributed by atoms with Crippen LogP contribution >= 0.6 is 0 Å². The van der Waals surface area contributed by atoms with Gasteiger partial charge in [-0.1, -0.05) is 29.8 Å². The lowest BCUT2D eigenvalue weighted by Gasteiger charge is -2.14. The minimum atomic E-state index is -3.94. The van der Waals surface area contributed by atoms with Crippen LogP contribution < -0.4 is 14.9 Å². The molecule has 1 N–H and O–H groups in total. The van der Waals surface area contributed by atoms with Crippen LogP contribution in [-0.4, -0.2) is 20.4 Å². The summed E-state index contributed by atoms with van der Waals surface area (Å²) in [4.78, 5) is 25.5. The van der Waals surface area contributed by atoms with E-state index >= 15 is 0 Å². The van der Waals surface area contributed by atoms with Crippen molar-refractivity contribution in [2.75, 3.05) is 0 Å². The van der Waals surface area contributed by atoms with Crippen LogP contribution in [0.4, 0.5) is 4.39 Å². The molecule has 1 atom stereocenters. The molecule has 1 unspecified atom stereocenters. The molecule has 0 aliphatic rings. The first-order valence-corrected chi connectivity index (χ1v) is 11.7. The maximum absolute atomic E-state index is 13.2. The largest absolute Gasteiger partial charge is 0.463 e. The van der Waals surface area contributed by atoms with Gasteiger partial charge in [-0.15, -0.1) is 0 Å². The number of rotatable bonds is 6. The van der Waals surface area contributed by atoms with Crippen molar-refractivity contribution in [3.63, 3.8) is 0 Å². The lowest BCUT2D eigenvalue weighted by molar-refractivity contribution is -0.135. The van der Waals surface area contributed by atoms with Gasteiger partial charge in [0.1, 0.15) is 29.5 Å². The summed E-state index contributed by atoms with van der Waals surface area (Å²) in [5, 5.41) is 0.153. The van der Waals surface area contributed by atoms with Crippen LogP contribution in [0.3, 0.4) is 0 Å². The summed E-state index contributed by atoms with van der Waals surface area (Å²) in [6, 6.07) is 14.6. The summed E-state index contributed by atoms with van der Waals surface area (Å²) >= 11 is 0. The van der Waals surface area contributed by atoms with E-state index in [0.29, 0.717) is 5.56 Å². The third kappa shape index (κ3) is 4.90. The van der Waals surface area contributed by atoms with Gasteiger partial charge in [0.25, 0.3) is 0 Å². The Morgan fingerprint density at radius 3 is 2.38 bits per heavy atom. The summed E-state index contributed by atoms with van der Waals surface area (Å²) in [7, 11) is -3.94. The molecule has 0 aliphatic heterocycles. The molecule has 3 aromatic carbocycles. The Morgan fingerprint density at radius 1 is 1.03 bits per heavy atom. The van der Waals surface area contributed by atoms with Crippen LogP contribution in [-0.2, 0) is 14.8 Å². The first-order valence-electron chi connectivity index (χ1n) is 10.3. The van der Waals surface area contributed by atoms with Crippen molar-refractivity contribution in [1.29, 1.82) is 0 Å². The highest BCUT2D eigenvalue weighted by Gasteiger charge is 2.24. The van der Waals surface area contributed by atoms with Gasteiger partial charge in [0.2, 0.25) is 15.5 Å². The Labute approximate surface area is 194 Å². The minimum absolute atomic E-state index is 0.0226. The van der Waals surface area contributed by atoms with Crippen LogP contribution in [0.5, 0.6) is 5.75 Å². The van der Waals surface area contributed by atoms with Gasteiger partial charge in [0.05, 0.1) is 15.8 Å². The third-order valence-corrected chi connectivity index (χ3v) is 6.69. The SMILES string of the molecule is Cc1ccc(S(=O)(=O)NC(C)C(=O)Oc2ccc3occ(-c4ccc(F)cc4)c(=O)c3c2)cc1. The van der Waals surface area contributed by atoms with E-state index in [1.54, 1.807) is 12.1 Å². The summed E-state index contributed by atoms with van der Waals surface area (Å²) in [5.41, 5.74) is 1.46. The summed E-state index contributed by atoms with van der Waals surface area (Å²) in [6.07, 6.45) is 1.28. The molecule has 7 nitrogen and oxygen atoms in total. The average Bonchev–Trinajstić information content (AvgIpc) is 2.80. The molecule has 0 spiro atoms. The Bertz CT molecular complexity index is 1530. The van der Waals surface area contributed by atoms with Gasteiger partial charge in [0.15, 0.2) is 0 Å². The molecule has 9 heteroatoms. The third-order valence-electron chi connectivity index (χ3n) is 5.13. The number of halogens is 1. The van der Waals surface area contributed by atoms with Gasteiger partial charge in [0, 0.05) is 0 Å². The monoisotopic (exact) mass is 481 g/mol. The maximum Gasteiger partial charge on any atom is 0.329 e. The molecule has 0 bridgehead atoms. The maximum atomic E-state index is 13.2. The fraction of sp³-hybridized carbons (Fsp3) is 0.120. The number of fused-ring (bicyclic) bond motifs is 1. The number of ether oxygens (including phenoxy) is 1. The lowest BCUT2D eigenvalue weighted by atomic mass is 10.1. The van der Waals surface area contributed by atoms with Gasteiger partial charge < -0.3 is 9.15 Å². The summed E-state index contributed by atoms with van der Waals surface area (Å²) in [6.45, 7) is 3.19. The summed E-state index contributed by atoms with van der Waals surface area (Å²) in [5.74, 6) is -1.24. The molecule has 0 saturated heterocycles. The van der Waals surface area contributed by atoms with E-state index in [-0.39, 0.29) is 32.6 Å². The van der Waals surface area contributed by atoms with Crippen molar-refractivity contribution >= 4 is 27.0 Å². The van der Waals surface area contributed by atoms with Crippen molar-refractivity contribution in [1.82, 2.24) is 4.72 Å². The predicted octanol–water partition coefficient (Wildman–Crippen LogP) is 4.18. The fourth-order valence-corrected chi connectivity index (χ4v) is 4.47. The van der Waals surface area contributed by atoms with Crippen molar-refractivity contribution in [2.45, 2.75) is 24.8 Å². The first-order chi connectivity index (χ1) is 16.1. The Morgan fingerprint density at radius 2 is 1.71 bits per heavy atom. The molecule has 0 aliphatic carbocycles. The van der Waals surface area contributed by atoms with E-state index in [1.807, 2.05) is 6.92 Å². The van der Waals surface area contributed by atoms with Crippen LogP contribution in [0, 0.1) is 12.7 Å². The molecule has 4 rings (SSSR count). The second-order valence-corrected chi connectivity index (χ2v) is 9.43. The molecule has 1 aromatic heterocycles. The normalized spacial score (nSPS) is 12.4. The van der Waals surface area contributed by atoms with Crippen LogP contribution in [0.25, 0.3) is 22.1 Å². The molecule has 0 fully saturated rings. The van der Waals surface area contributed by atoms with Crippen molar-refractivity contribution < 1.29 is 26.8 Å². The van der Waals surface area contributed by atoms with Gasteiger partial charge >= 0.3 is 5.97 Å². The van der Waals surface area contributed by atoms with Crippen LogP contribution in [0.1, 0.15) is 12.5 Å². The van der Waals surface area contributed by atoms with Crippen molar-refractivity contribution in [3.05, 3.63) is 94.6 Å². The molecular formula is C25H20FNO6S. The number of nitrogens with one attached hydrogen (secondary N) is 1. The number of sulfonamides is 1. The molecule has 1 heterocycles. The van der Waals surface area contributed by atoms with Crippen molar-refractivity contribution in [2.24, 2.45) is 0 Å². The van der Waals surface area contributed by atoms with E-state index in [9.17, 15) is 22.4 Å². The quantitative estimate of drug-likeness (QED) is 0.327. The molecule has 0 radical (unpaired) electrons. The zero-order valence-electron chi connectivity index (χ0n) is 18.2. The Kier molecular flexibility index (Phi) is 6.32. The van der Waals surface area contributed by atoms with Gasteiger partial charge in [-0.3, -0.25) is 4.79 Å². The minimum Gasteiger partial charge on any atom is -0.463 e. The Hall–Kier alpha value is -3.82. The molecule has 0 amide bonds. The predicted molar refractivity (Wildman–Crippen MR) is 124 cm³/mol. The topological polar surface area (TPSA) is 103 Å². The van der Waals surface area contributed by atoms with Crippen LogP contribution in [0.2, 0.25) is 0 Å². The van der Waals surface area contributed by atoms with Crippen molar-refractivity contribution in [3.8, 4) is 16.9 Å². The zero-order valence-corrected chi connectivity index (χ0v) is 19.1. The molecule has 34 heavy (non-hydrogen) atoms. The molecule has 174 valence electrons. The molecule has 0 saturated carbocycles. The van der Waals surface area contributed by atoms with E-state index in [4.69, 9.17) is 9.15 Å². The van der Waals surface area contributed by atoms with Gasteiger partial charge in [-0.05, 0) is 61.9 Å².